The maximum absolute atomic E-state index is 13.1. The fraction of sp³-hybridized carbons (Fsp3) is 0.441. The van der Waals surface area contributed by atoms with Crippen LogP contribution in [0.5, 0.6) is 6.01 Å². The summed E-state index contributed by atoms with van der Waals surface area (Å²) < 4.78 is 48.4. The Hall–Kier alpha value is -5.03. The summed E-state index contributed by atoms with van der Waals surface area (Å²) in [6.07, 6.45) is -1.83. The highest BCUT2D eigenvalue weighted by molar-refractivity contribution is 6.36. The van der Waals surface area contributed by atoms with Crippen molar-refractivity contribution in [2.45, 2.75) is 81.3 Å². The molecular weight excluding hydrogens is 711 g/mol. The Morgan fingerprint density at radius 3 is 2.29 bits per heavy atom. The summed E-state index contributed by atoms with van der Waals surface area (Å²) in [5, 5.41) is 21.7. The van der Waals surface area contributed by atoms with Gasteiger partial charge in [-0.05, 0) is 74.1 Å². The van der Waals surface area contributed by atoms with Crippen LogP contribution in [-0.4, -0.2) is 81.7 Å². The number of anilines is 3. The van der Waals surface area contributed by atoms with Gasteiger partial charge in [-0.25, -0.2) is 4.79 Å². The van der Waals surface area contributed by atoms with Gasteiger partial charge in [0.15, 0.2) is 6.61 Å². The second-order valence-electron chi connectivity index (χ2n) is 12.5. The number of carbonyl (C=O) groups is 4. The molecule has 1 heterocycles. The van der Waals surface area contributed by atoms with Crippen LogP contribution in [0.3, 0.4) is 0 Å². The summed E-state index contributed by atoms with van der Waals surface area (Å²) in [6.45, 7) is -1.62. The number of ketones is 1. The van der Waals surface area contributed by atoms with Crippen molar-refractivity contribution in [2.24, 2.45) is 0 Å². The minimum atomic E-state index is -4.64. The molecule has 278 valence electrons. The van der Waals surface area contributed by atoms with Crippen LogP contribution in [0.4, 0.5) is 30.8 Å². The number of hydrogen-bond acceptors (Lipinski definition) is 12. The molecule has 0 radical (unpaired) electrons. The van der Waals surface area contributed by atoms with Gasteiger partial charge >= 0.3 is 18.2 Å². The van der Waals surface area contributed by atoms with Crippen LogP contribution in [0.15, 0.2) is 48.5 Å². The van der Waals surface area contributed by atoms with Gasteiger partial charge in [-0.2, -0.15) is 28.1 Å². The van der Waals surface area contributed by atoms with E-state index in [9.17, 15) is 37.5 Å². The second-order valence-corrected chi connectivity index (χ2v) is 13.0. The Labute approximate surface area is 301 Å². The zero-order valence-corrected chi connectivity index (χ0v) is 28.7. The molecule has 5 N–H and O–H groups in total. The Morgan fingerprint density at radius 2 is 1.65 bits per heavy atom. The van der Waals surface area contributed by atoms with Crippen molar-refractivity contribution in [3.8, 4) is 6.01 Å². The van der Waals surface area contributed by atoms with E-state index >= 15 is 0 Å². The van der Waals surface area contributed by atoms with Crippen LogP contribution in [0.1, 0.15) is 67.3 Å². The topological polar surface area (TPSA) is 194 Å². The third-order valence-electron chi connectivity index (χ3n) is 8.63. The number of amides is 2. The number of aliphatic hydroxyl groups excluding tert-OH is 1. The number of carbonyl (C=O) groups excluding carboxylic acids is 4. The summed E-state index contributed by atoms with van der Waals surface area (Å²) >= 11 is 6.02. The van der Waals surface area contributed by atoms with E-state index in [0.717, 1.165) is 25.5 Å². The van der Waals surface area contributed by atoms with E-state index in [1.807, 2.05) is 12.1 Å². The van der Waals surface area contributed by atoms with E-state index in [1.165, 1.54) is 24.3 Å². The van der Waals surface area contributed by atoms with Gasteiger partial charge in [-0.1, -0.05) is 36.6 Å². The summed E-state index contributed by atoms with van der Waals surface area (Å²) in [5.74, 6) is -3.37. The molecule has 2 aromatic carbocycles. The van der Waals surface area contributed by atoms with Crippen LogP contribution in [-0.2, 0) is 24.7 Å². The maximum atomic E-state index is 13.1. The lowest BCUT2D eigenvalue weighted by molar-refractivity contribution is -0.154. The minimum Gasteiger partial charge on any atom is -0.467 e. The monoisotopic (exact) mass is 747 g/mol. The first-order valence-electron chi connectivity index (χ1n) is 16.5. The first kappa shape index (κ1) is 38.2. The second kappa shape index (κ2) is 16.5. The van der Waals surface area contributed by atoms with Crippen molar-refractivity contribution in [1.29, 1.82) is 0 Å². The van der Waals surface area contributed by atoms with Crippen LogP contribution in [0.25, 0.3) is 0 Å². The molecular formula is C34H37ClF3N7O7. The van der Waals surface area contributed by atoms with Crippen LogP contribution in [0.2, 0.25) is 5.02 Å². The molecule has 2 amide bonds. The first-order valence-corrected chi connectivity index (χ1v) is 16.9. The van der Waals surface area contributed by atoms with E-state index in [2.05, 4.69) is 36.2 Å². The van der Waals surface area contributed by atoms with Gasteiger partial charge < -0.3 is 35.8 Å². The smallest absolute Gasteiger partial charge is 0.422 e. The van der Waals surface area contributed by atoms with Crippen molar-refractivity contribution >= 4 is 52.8 Å². The van der Waals surface area contributed by atoms with Gasteiger partial charge in [0.25, 0.3) is 11.8 Å². The third kappa shape index (κ3) is 10.5. The molecule has 2 saturated carbocycles. The highest BCUT2D eigenvalue weighted by atomic mass is 35.5. The Morgan fingerprint density at radius 1 is 0.981 bits per heavy atom. The fourth-order valence-corrected chi connectivity index (χ4v) is 5.78. The quantitative estimate of drug-likeness (QED) is 0.109. The van der Waals surface area contributed by atoms with Gasteiger partial charge in [0.2, 0.25) is 17.7 Å². The maximum Gasteiger partial charge on any atom is 0.422 e. The number of esters is 1. The molecule has 2 fully saturated rings. The van der Waals surface area contributed by atoms with Crippen molar-refractivity contribution in [3.05, 3.63) is 64.7 Å². The van der Waals surface area contributed by atoms with E-state index < -0.39 is 66.1 Å². The van der Waals surface area contributed by atoms with Crippen LogP contribution < -0.4 is 26.0 Å². The molecule has 0 spiro atoms. The van der Waals surface area contributed by atoms with Gasteiger partial charge in [0.1, 0.15) is 6.04 Å². The number of halogens is 4. The molecule has 0 aliphatic heterocycles. The van der Waals surface area contributed by atoms with E-state index in [0.29, 0.717) is 36.4 Å². The molecule has 2 aliphatic carbocycles. The predicted molar refractivity (Wildman–Crippen MR) is 181 cm³/mol. The molecule has 14 nitrogen and oxygen atoms in total. The fourth-order valence-electron chi connectivity index (χ4n) is 5.66. The van der Waals surface area contributed by atoms with Gasteiger partial charge in [0, 0.05) is 22.7 Å². The van der Waals surface area contributed by atoms with Gasteiger partial charge in [-0.15, -0.1) is 0 Å². The molecule has 18 heteroatoms. The zero-order valence-electron chi connectivity index (χ0n) is 28.0. The normalized spacial score (nSPS) is 18.3. The molecule has 1 aromatic heterocycles. The van der Waals surface area contributed by atoms with Crippen LogP contribution >= 0.6 is 11.6 Å². The number of rotatable bonds is 15. The number of methoxy groups -OCH3 is 1. The average Bonchev–Trinajstić information content (AvgIpc) is 3.90. The summed E-state index contributed by atoms with van der Waals surface area (Å²) in [6, 6.07) is 10.5. The number of aromatic nitrogens is 3. The zero-order chi connectivity index (χ0) is 37.5. The van der Waals surface area contributed by atoms with Crippen molar-refractivity contribution in [3.63, 3.8) is 0 Å². The summed E-state index contributed by atoms with van der Waals surface area (Å²) in [7, 11) is 1.12. The molecule has 0 saturated heterocycles. The Kier molecular flexibility index (Phi) is 12.2. The van der Waals surface area contributed by atoms with E-state index in [-0.39, 0.29) is 30.3 Å². The first-order chi connectivity index (χ1) is 24.7. The molecule has 5 rings (SSSR count). The SMILES string of the molecule is COC(=O)[C@H](CCC(=O)C(=O)NC1CCCCC1O)NC(=O)c1ccc(Nc2nc(NC3(c4ccc(Cl)cc4)CC3)nc(OCC(F)(F)F)n2)cc1. The number of Topliss-reactive ketones (excluding diaryl/α,β-unsaturated/α-hetero) is 1. The number of aliphatic hydroxyl groups is 1. The third-order valence-corrected chi connectivity index (χ3v) is 8.88. The molecule has 52 heavy (non-hydrogen) atoms. The lowest BCUT2D eigenvalue weighted by Gasteiger charge is -2.28. The molecule has 2 unspecified atom stereocenters. The standard InChI is InChI=1S/C34H37ClF3N7O7/c1-51-29(50)24(14-15-26(47)28(49)40-23-4-2-3-5-25(23)46)41-27(48)19-6-12-22(13-7-19)39-30-42-31(44-32(43-30)52-18-34(36,37)38)45-33(16-17-33)20-8-10-21(35)11-9-20/h6-13,23-25,46H,2-5,14-18H2,1H3,(H,40,49)(H,41,48)(H2,39,42,43,44,45)/t23?,24-,25?/m0/s1. The Balaban J connectivity index is 1.23. The number of nitrogens with one attached hydrogen (secondary N) is 4. The number of alkyl halides is 3. The summed E-state index contributed by atoms with van der Waals surface area (Å²) in [4.78, 5) is 62.7. The largest absolute Gasteiger partial charge is 0.467 e. The van der Waals surface area contributed by atoms with E-state index in [1.54, 1.807) is 12.1 Å². The number of nitrogens with zero attached hydrogens (tertiary/aromatic N) is 3. The number of hydrogen-bond donors (Lipinski definition) is 5. The average molecular weight is 748 g/mol. The van der Waals surface area contributed by atoms with Crippen molar-refractivity contribution in [1.82, 2.24) is 25.6 Å². The molecule has 2 aliphatic rings. The van der Waals surface area contributed by atoms with Crippen molar-refractivity contribution in [2.75, 3.05) is 24.4 Å². The van der Waals surface area contributed by atoms with E-state index in [4.69, 9.17) is 21.1 Å². The molecule has 0 bridgehead atoms. The lowest BCUT2D eigenvalue weighted by Crippen LogP contribution is -2.48. The molecule has 3 atom stereocenters. The molecule has 3 aromatic rings. The predicted octanol–water partition coefficient (Wildman–Crippen LogP) is 4.35. The lowest BCUT2D eigenvalue weighted by atomic mass is 9.92. The highest BCUT2D eigenvalue weighted by Gasteiger charge is 2.45. The van der Waals surface area contributed by atoms with Crippen LogP contribution in [0, 0.1) is 0 Å². The minimum absolute atomic E-state index is 0.0329. The highest BCUT2D eigenvalue weighted by Crippen LogP contribution is 2.48. The summed E-state index contributed by atoms with van der Waals surface area (Å²) in [5.41, 5.74) is 0.791. The number of benzene rings is 2. The van der Waals surface area contributed by atoms with Gasteiger partial charge in [0.05, 0.1) is 24.8 Å². The van der Waals surface area contributed by atoms with Gasteiger partial charge in [-0.3, -0.25) is 14.4 Å². The number of ether oxygens (including phenoxy) is 2. The van der Waals surface area contributed by atoms with Crippen molar-refractivity contribution < 1.29 is 46.9 Å². The Bertz CT molecular complexity index is 1760.